The lowest BCUT2D eigenvalue weighted by Gasteiger charge is -2.39. The van der Waals surface area contributed by atoms with Crippen molar-refractivity contribution in [3.8, 4) is 0 Å². The molecule has 1 N–H and O–H groups in total. The summed E-state index contributed by atoms with van der Waals surface area (Å²) < 4.78 is 0. The zero-order valence-corrected chi connectivity index (χ0v) is 7.77. The Morgan fingerprint density at radius 1 is 1.62 bits per heavy atom. The first-order chi connectivity index (χ1) is 6.29. The molecular weight excluding hydrogens is 164 g/mol. The Morgan fingerprint density at radius 3 is 3.00 bits per heavy atom. The molecule has 3 nitrogen and oxygen atoms in total. The highest BCUT2D eigenvalue weighted by Gasteiger charge is 2.26. The van der Waals surface area contributed by atoms with Crippen LogP contribution in [0.1, 0.15) is 5.56 Å². The van der Waals surface area contributed by atoms with Crippen LogP contribution in [0, 0.1) is 12.8 Å². The van der Waals surface area contributed by atoms with Crippen LogP contribution in [0.5, 0.6) is 0 Å². The van der Waals surface area contributed by atoms with Gasteiger partial charge in [-0.05, 0) is 24.6 Å². The molecule has 0 amide bonds. The SMILES string of the molecule is Cc1ccnc(N2CC(CO)C2)c1. The molecule has 70 valence electrons. The molecule has 1 aliphatic heterocycles. The number of aromatic nitrogens is 1. The zero-order valence-electron chi connectivity index (χ0n) is 7.77. The highest BCUT2D eigenvalue weighted by molar-refractivity contribution is 5.43. The molecule has 0 saturated carbocycles. The summed E-state index contributed by atoms with van der Waals surface area (Å²) >= 11 is 0. The highest BCUT2D eigenvalue weighted by atomic mass is 16.3. The Balaban J connectivity index is 2.03. The number of rotatable bonds is 2. The van der Waals surface area contributed by atoms with Crippen LogP contribution in [-0.2, 0) is 0 Å². The van der Waals surface area contributed by atoms with Gasteiger partial charge in [0.25, 0.3) is 0 Å². The molecule has 3 heteroatoms. The Kier molecular flexibility index (Phi) is 2.19. The van der Waals surface area contributed by atoms with Crippen LogP contribution in [0.15, 0.2) is 18.3 Å². The Morgan fingerprint density at radius 2 is 2.38 bits per heavy atom. The van der Waals surface area contributed by atoms with E-state index in [9.17, 15) is 0 Å². The second kappa shape index (κ2) is 3.34. The van der Waals surface area contributed by atoms with Gasteiger partial charge in [0.15, 0.2) is 0 Å². The van der Waals surface area contributed by atoms with Crippen molar-refractivity contribution in [2.45, 2.75) is 6.92 Å². The van der Waals surface area contributed by atoms with E-state index in [2.05, 4.69) is 22.9 Å². The van der Waals surface area contributed by atoms with Gasteiger partial charge >= 0.3 is 0 Å². The third-order valence-corrected chi connectivity index (χ3v) is 2.44. The molecule has 2 rings (SSSR count). The fourth-order valence-electron chi connectivity index (χ4n) is 1.57. The van der Waals surface area contributed by atoms with Crippen LogP contribution in [0.25, 0.3) is 0 Å². The van der Waals surface area contributed by atoms with Crippen molar-refractivity contribution in [2.24, 2.45) is 5.92 Å². The topological polar surface area (TPSA) is 36.4 Å². The molecule has 1 fully saturated rings. The van der Waals surface area contributed by atoms with Gasteiger partial charge in [-0.3, -0.25) is 0 Å². The predicted molar refractivity (Wildman–Crippen MR) is 51.8 cm³/mol. The number of aryl methyl sites for hydroxylation is 1. The quantitative estimate of drug-likeness (QED) is 0.728. The molecule has 1 saturated heterocycles. The molecule has 1 aromatic heterocycles. The predicted octanol–water partition coefficient (Wildman–Crippen LogP) is 0.819. The van der Waals surface area contributed by atoms with Crippen LogP contribution < -0.4 is 4.90 Å². The van der Waals surface area contributed by atoms with E-state index in [1.54, 1.807) is 0 Å². The van der Waals surface area contributed by atoms with E-state index in [1.807, 2.05) is 12.3 Å². The summed E-state index contributed by atoms with van der Waals surface area (Å²) in [7, 11) is 0. The second-order valence-corrected chi connectivity index (χ2v) is 3.64. The fourth-order valence-corrected chi connectivity index (χ4v) is 1.57. The maximum Gasteiger partial charge on any atom is 0.128 e. The van der Waals surface area contributed by atoms with Crippen molar-refractivity contribution in [2.75, 3.05) is 24.6 Å². The average molecular weight is 178 g/mol. The van der Waals surface area contributed by atoms with Crippen molar-refractivity contribution in [3.63, 3.8) is 0 Å². The van der Waals surface area contributed by atoms with Gasteiger partial charge in [-0.15, -0.1) is 0 Å². The van der Waals surface area contributed by atoms with Crippen LogP contribution in [0.3, 0.4) is 0 Å². The molecule has 0 aromatic carbocycles. The fraction of sp³-hybridized carbons (Fsp3) is 0.500. The number of aliphatic hydroxyl groups is 1. The summed E-state index contributed by atoms with van der Waals surface area (Å²) in [5.74, 6) is 1.48. The maximum absolute atomic E-state index is 8.86. The first kappa shape index (κ1) is 8.51. The smallest absolute Gasteiger partial charge is 0.128 e. The van der Waals surface area contributed by atoms with Gasteiger partial charge in [-0.1, -0.05) is 0 Å². The molecule has 0 bridgehead atoms. The van der Waals surface area contributed by atoms with E-state index >= 15 is 0 Å². The lowest BCUT2D eigenvalue weighted by atomic mass is 10.0. The first-order valence-corrected chi connectivity index (χ1v) is 4.58. The number of pyridine rings is 1. The minimum atomic E-state index is 0.294. The maximum atomic E-state index is 8.86. The normalized spacial score (nSPS) is 17.2. The lowest BCUT2D eigenvalue weighted by Crippen LogP contribution is -2.48. The number of hydrogen-bond acceptors (Lipinski definition) is 3. The molecule has 0 unspecified atom stereocenters. The first-order valence-electron chi connectivity index (χ1n) is 4.58. The van der Waals surface area contributed by atoms with Gasteiger partial charge < -0.3 is 10.0 Å². The molecule has 0 aliphatic carbocycles. The molecule has 1 aromatic rings. The van der Waals surface area contributed by atoms with Gasteiger partial charge in [-0.2, -0.15) is 0 Å². The van der Waals surface area contributed by atoms with Gasteiger partial charge in [0.1, 0.15) is 5.82 Å². The third kappa shape index (κ3) is 1.65. The van der Waals surface area contributed by atoms with Crippen molar-refractivity contribution in [3.05, 3.63) is 23.9 Å². The van der Waals surface area contributed by atoms with Crippen molar-refractivity contribution in [1.82, 2.24) is 4.98 Å². The lowest BCUT2D eigenvalue weighted by molar-refractivity contribution is 0.200. The van der Waals surface area contributed by atoms with E-state index in [-0.39, 0.29) is 0 Å². The minimum Gasteiger partial charge on any atom is -0.396 e. The standard InChI is InChI=1S/C10H14N2O/c1-8-2-3-11-10(4-8)12-5-9(6-12)7-13/h2-4,9,13H,5-7H2,1H3. The number of aliphatic hydroxyl groups excluding tert-OH is 1. The molecular formula is C10H14N2O. The van der Waals surface area contributed by atoms with Gasteiger partial charge in [0.05, 0.1) is 0 Å². The Hall–Kier alpha value is -1.09. The van der Waals surface area contributed by atoms with Crippen molar-refractivity contribution in [1.29, 1.82) is 0 Å². The monoisotopic (exact) mass is 178 g/mol. The summed E-state index contributed by atoms with van der Waals surface area (Å²) in [6.45, 7) is 4.23. The summed E-state index contributed by atoms with van der Waals surface area (Å²) in [5.41, 5.74) is 1.23. The molecule has 13 heavy (non-hydrogen) atoms. The third-order valence-electron chi connectivity index (χ3n) is 2.44. The van der Waals surface area contributed by atoms with E-state index in [0.717, 1.165) is 18.9 Å². The summed E-state index contributed by atoms with van der Waals surface area (Å²) in [4.78, 5) is 6.46. The molecule has 2 heterocycles. The van der Waals surface area contributed by atoms with E-state index < -0.39 is 0 Å². The minimum absolute atomic E-state index is 0.294. The number of nitrogens with zero attached hydrogens (tertiary/aromatic N) is 2. The van der Waals surface area contributed by atoms with Gasteiger partial charge in [0.2, 0.25) is 0 Å². The number of hydrogen-bond donors (Lipinski definition) is 1. The highest BCUT2D eigenvalue weighted by Crippen LogP contribution is 2.22. The second-order valence-electron chi connectivity index (χ2n) is 3.64. The molecule has 0 atom stereocenters. The van der Waals surface area contributed by atoms with Crippen molar-refractivity contribution >= 4 is 5.82 Å². The van der Waals surface area contributed by atoms with E-state index in [0.29, 0.717) is 12.5 Å². The van der Waals surface area contributed by atoms with Crippen molar-refractivity contribution < 1.29 is 5.11 Å². The van der Waals surface area contributed by atoms with E-state index in [1.165, 1.54) is 5.56 Å². The van der Waals surface area contributed by atoms with Crippen LogP contribution in [0.2, 0.25) is 0 Å². The number of anilines is 1. The largest absolute Gasteiger partial charge is 0.396 e. The zero-order chi connectivity index (χ0) is 9.26. The van der Waals surface area contributed by atoms with E-state index in [4.69, 9.17) is 5.11 Å². The van der Waals surface area contributed by atoms with Gasteiger partial charge in [-0.25, -0.2) is 4.98 Å². The Labute approximate surface area is 78.0 Å². The summed E-state index contributed by atoms with van der Waals surface area (Å²) in [6, 6.07) is 4.07. The molecule has 1 aliphatic rings. The molecule has 0 spiro atoms. The summed E-state index contributed by atoms with van der Waals surface area (Å²) in [5, 5.41) is 8.86. The van der Waals surface area contributed by atoms with Crippen LogP contribution in [0.4, 0.5) is 5.82 Å². The average Bonchev–Trinajstić information content (AvgIpc) is 2.02. The summed E-state index contributed by atoms with van der Waals surface area (Å²) in [6.07, 6.45) is 1.83. The Bertz CT molecular complexity index is 295. The van der Waals surface area contributed by atoms with Gasteiger partial charge in [0, 0.05) is 31.8 Å². The van der Waals surface area contributed by atoms with Crippen LogP contribution >= 0.6 is 0 Å². The molecule has 0 radical (unpaired) electrons. The van der Waals surface area contributed by atoms with Crippen LogP contribution in [-0.4, -0.2) is 29.8 Å².